The van der Waals surface area contributed by atoms with Gasteiger partial charge in [-0.2, -0.15) is 0 Å². The van der Waals surface area contributed by atoms with E-state index in [1.807, 2.05) is 0 Å². The van der Waals surface area contributed by atoms with Crippen molar-refractivity contribution in [3.8, 4) is 0 Å². The van der Waals surface area contributed by atoms with E-state index in [4.69, 9.17) is 18.9 Å². The lowest BCUT2D eigenvalue weighted by Crippen LogP contribution is -2.59. The number of hydrogen-bond donors (Lipinski definition) is 4. The van der Waals surface area contributed by atoms with Gasteiger partial charge in [0.1, 0.15) is 30.5 Å². The molecule has 0 amide bonds. The molecule has 1 fully saturated rings. The van der Waals surface area contributed by atoms with Gasteiger partial charge in [0.25, 0.3) is 0 Å². The van der Waals surface area contributed by atoms with Gasteiger partial charge in [0, 0.05) is 13.0 Å². The standard InChI is InChI=1S/C59H104O9/c1-3-5-7-9-11-13-15-17-19-21-23-25-26-27-28-29-30-32-34-36-38-40-42-44-46-48-55(61)67-53(52-66-59-58(64)57(63)56(62)54(50-60)68-59)51-65-49-47-45-43-41-39-37-35-33-31-24-22-20-18-16-14-12-10-8-6-4-2/h5,7,11,13,17-20,23,25,27-28,53-54,56-60,62-64H,3-4,6,8-10,12,14-16,21-22,24,26,29-52H2,1-2H3/b7-5-,13-11-,19-17-,20-18-,25-23-,28-27-. The van der Waals surface area contributed by atoms with Crippen LogP contribution in [0.1, 0.15) is 232 Å². The zero-order valence-corrected chi connectivity index (χ0v) is 43.6. The third-order valence-electron chi connectivity index (χ3n) is 12.6. The molecule has 1 aliphatic heterocycles. The van der Waals surface area contributed by atoms with Gasteiger partial charge in [-0.3, -0.25) is 4.79 Å². The molecule has 0 aromatic heterocycles. The van der Waals surface area contributed by atoms with Crippen LogP contribution in [0, 0.1) is 0 Å². The Morgan fingerprint density at radius 3 is 1.37 bits per heavy atom. The quantitative estimate of drug-likeness (QED) is 0.0267. The number of hydrogen-bond acceptors (Lipinski definition) is 9. The van der Waals surface area contributed by atoms with E-state index in [-0.39, 0.29) is 19.2 Å². The molecular formula is C59H104O9. The minimum atomic E-state index is -1.54. The third-order valence-corrected chi connectivity index (χ3v) is 12.6. The van der Waals surface area contributed by atoms with Crippen molar-refractivity contribution in [3.63, 3.8) is 0 Å². The average molecular weight is 957 g/mol. The fraction of sp³-hybridized carbons (Fsp3) is 0.780. The Hall–Kier alpha value is -2.37. The molecule has 1 saturated heterocycles. The van der Waals surface area contributed by atoms with Gasteiger partial charge in [-0.25, -0.2) is 0 Å². The topological polar surface area (TPSA) is 135 Å². The van der Waals surface area contributed by atoms with E-state index in [9.17, 15) is 25.2 Å². The fourth-order valence-electron chi connectivity index (χ4n) is 8.28. The van der Waals surface area contributed by atoms with Crippen molar-refractivity contribution in [2.45, 2.75) is 269 Å². The van der Waals surface area contributed by atoms with Crippen LogP contribution < -0.4 is 0 Å². The zero-order chi connectivity index (χ0) is 49.2. The van der Waals surface area contributed by atoms with E-state index in [2.05, 4.69) is 86.8 Å². The first-order valence-corrected chi connectivity index (χ1v) is 28.0. The summed E-state index contributed by atoms with van der Waals surface area (Å²) >= 11 is 0. The Balaban J connectivity index is 2.18. The Bertz CT molecular complexity index is 1270. The van der Waals surface area contributed by atoms with Crippen LogP contribution in [-0.2, 0) is 23.7 Å². The van der Waals surface area contributed by atoms with E-state index in [0.29, 0.717) is 13.0 Å². The second-order valence-electron chi connectivity index (χ2n) is 19.0. The van der Waals surface area contributed by atoms with Crippen LogP contribution in [0.2, 0.25) is 0 Å². The molecule has 0 spiro atoms. The summed E-state index contributed by atoms with van der Waals surface area (Å²) in [4.78, 5) is 12.9. The van der Waals surface area contributed by atoms with Crippen molar-refractivity contribution in [2.75, 3.05) is 26.4 Å². The van der Waals surface area contributed by atoms with Crippen LogP contribution in [0.15, 0.2) is 72.9 Å². The van der Waals surface area contributed by atoms with Gasteiger partial charge < -0.3 is 39.4 Å². The van der Waals surface area contributed by atoms with Gasteiger partial charge in [-0.15, -0.1) is 0 Å². The molecule has 0 aromatic carbocycles. The van der Waals surface area contributed by atoms with Crippen LogP contribution >= 0.6 is 0 Å². The molecule has 9 heteroatoms. The summed E-state index contributed by atoms with van der Waals surface area (Å²) in [5.74, 6) is -0.320. The van der Waals surface area contributed by atoms with Gasteiger partial charge in [-0.1, -0.05) is 215 Å². The molecule has 1 rings (SSSR count). The molecule has 1 aliphatic rings. The number of allylic oxidation sites excluding steroid dienone is 12. The molecule has 6 atom stereocenters. The van der Waals surface area contributed by atoms with E-state index in [0.717, 1.165) is 70.6 Å². The van der Waals surface area contributed by atoms with E-state index in [1.54, 1.807) is 0 Å². The molecule has 394 valence electrons. The summed E-state index contributed by atoms with van der Waals surface area (Å²) in [5, 5.41) is 40.3. The minimum Gasteiger partial charge on any atom is -0.457 e. The summed E-state index contributed by atoms with van der Waals surface area (Å²) in [6, 6.07) is 0. The average Bonchev–Trinajstić information content (AvgIpc) is 3.34. The fourth-order valence-corrected chi connectivity index (χ4v) is 8.28. The Kier molecular flexibility index (Phi) is 46.4. The molecule has 6 unspecified atom stereocenters. The lowest BCUT2D eigenvalue weighted by Gasteiger charge is -2.39. The highest BCUT2D eigenvalue weighted by Crippen LogP contribution is 2.23. The molecule has 0 aliphatic carbocycles. The summed E-state index contributed by atoms with van der Waals surface area (Å²) in [5.41, 5.74) is 0. The number of aliphatic hydroxyl groups excluding tert-OH is 4. The van der Waals surface area contributed by atoms with Crippen LogP contribution in [0.4, 0.5) is 0 Å². The van der Waals surface area contributed by atoms with Crippen LogP contribution in [-0.4, -0.2) is 89.6 Å². The zero-order valence-electron chi connectivity index (χ0n) is 43.6. The third kappa shape index (κ3) is 39.4. The lowest BCUT2D eigenvalue weighted by molar-refractivity contribution is -0.305. The van der Waals surface area contributed by atoms with Crippen LogP contribution in [0.25, 0.3) is 0 Å². The molecular weight excluding hydrogens is 853 g/mol. The van der Waals surface area contributed by atoms with Crippen LogP contribution in [0.5, 0.6) is 0 Å². The number of esters is 1. The van der Waals surface area contributed by atoms with Crippen molar-refractivity contribution in [3.05, 3.63) is 72.9 Å². The largest absolute Gasteiger partial charge is 0.457 e. The number of ether oxygens (including phenoxy) is 4. The van der Waals surface area contributed by atoms with E-state index >= 15 is 0 Å². The smallest absolute Gasteiger partial charge is 0.306 e. The molecule has 0 aromatic rings. The first kappa shape index (κ1) is 63.6. The SMILES string of the molecule is CC/C=C\C/C=C\C/C=C\C/C=C\C/C=C\CCCCCCCCCCCC(=O)OC(COCCCCCCCCCCCC/C=C\CCCCCCCC)COC1OC(CO)C(O)C(O)C1O. The molecule has 0 saturated carbocycles. The molecule has 4 N–H and O–H groups in total. The Morgan fingerprint density at radius 2 is 0.897 bits per heavy atom. The van der Waals surface area contributed by atoms with Gasteiger partial charge in [0.2, 0.25) is 0 Å². The number of carbonyl (C=O) groups excluding carboxylic acids is 1. The molecule has 1 heterocycles. The van der Waals surface area contributed by atoms with Gasteiger partial charge in [0.15, 0.2) is 6.29 Å². The predicted octanol–water partition coefficient (Wildman–Crippen LogP) is 14.4. The molecule has 9 nitrogen and oxygen atoms in total. The monoisotopic (exact) mass is 957 g/mol. The number of rotatable bonds is 48. The van der Waals surface area contributed by atoms with Crippen molar-refractivity contribution in [1.82, 2.24) is 0 Å². The summed E-state index contributed by atoms with van der Waals surface area (Å²) < 4.78 is 23.0. The first-order chi connectivity index (χ1) is 33.4. The normalized spacial score (nSPS) is 19.6. The van der Waals surface area contributed by atoms with Gasteiger partial charge in [0.05, 0.1) is 19.8 Å². The number of aliphatic hydroxyl groups is 4. The number of carbonyl (C=O) groups is 1. The Morgan fingerprint density at radius 1 is 0.485 bits per heavy atom. The highest BCUT2D eigenvalue weighted by Gasteiger charge is 2.44. The highest BCUT2D eigenvalue weighted by molar-refractivity contribution is 5.69. The summed E-state index contributed by atoms with van der Waals surface area (Å²) in [7, 11) is 0. The van der Waals surface area contributed by atoms with Crippen LogP contribution in [0.3, 0.4) is 0 Å². The molecule has 0 radical (unpaired) electrons. The summed E-state index contributed by atoms with van der Waals surface area (Å²) in [6.45, 7) is 4.45. The maximum atomic E-state index is 12.9. The second-order valence-corrected chi connectivity index (χ2v) is 19.0. The van der Waals surface area contributed by atoms with E-state index in [1.165, 1.54) is 141 Å². The van der Waals surface area contributed by atoms with Crippen molar-refractivity contribution in [2.24, 2.45) is 0 Å². The van der Waals surface area contributed by atoms with E-state index < -0.39 is 43.4 Å². The Labute approximate surface area is 417 Å². The molecule has 0 bridgehead atoms. The number of unbranched alkanes of at least 4 members (excludes halogenated alkanes) is 25. The maximum absolute atomic E-state index is 12.9. The van der Waals surface area contributed by atoms with Gasteiger partial charge in [-0.05, 0) is 83.5 Å². The lowest BCUT2D eigenvalue weighted by atomic mass is 9.99. The van der Waals surface area contributed by atoms with Gasteiger partial charge >= 0.3 is 5.97 Å². The van der Waals surface area contributed by atoms with Crippen molar-refractivity contribution in [1.29, 1.82) is 0 Å². The van der Waals surface area contributed by atoms with Crippen molar-refractivity contribution >= 4 is 5.97 Å². The highest BCUT2D eigenvalue weighted by atomic mass is 16.7. The minimum absolute atomic E-state index is 0.118. The van der Waals surface area contributed by atoms with Crippen molar-refractivity contribution < 1.29 is 44.2 Å². The first-order valence-electron chi connectivity index (χ1n) is 28.0. The predicted molar refractivity (Wildman–Crippen MR) is 284 cm³/mol. The summed E-state index contributed by atoms with van der Waals surface area (Å²) in [6.07, 6.45) is 59.4. The maximum Gasteiger partial charge on any atom is 0.306 e. The molecule has 68 heavy (non-hydrogen) atoms. The second kappa shape index (κ2) is 49.6.